The van der Waals surface area contributed by atoms with Gasteiger partial charge in [0.2, 0.25) is 0 Å². The number of thioether (sulfide) groups is 1. The summed E-state index contributed by atoms with van der Waals surface area (Å²) in [6.07, 6.45) is 1.77. The molecule has 4 nitrogen and oxygen atoms in total. The van der Waals surface area contributed by atoms with Crippen molar-refractivity contribution in [3.05, 3.63) is 77.2 Å². The third-order valence-corrected chi connectivity index (χ3v) is 5.53. The topological polar surface area (TPSA) is 40.6 Å². The van der Waals surface area contributed by atoms with Crippen LogP contribution >= 0.6 is 11.8 Å². The summed E-state index contributed by atoms with van der Waals surface area (Å²) in [5.74, 6) is -1.68. The van der Waals surface area contributed by atoms with Crippen LogP contribution in [0.25, 0.3) is 0 Å². The van der Waals surface area contributed by atoms with Crippen molar-refractivity contribution in [3.63, 3.8) is 0 Å². The predicted octanol–water partition coefficient (Wildman–Crippen LogP) is 3.93. The summed E-state index contributed by atoms with van der Waals surface area (Å²) in [5, 5.41) is 1.31. The van der Waals surface area contributed by atoms with Gasteiger partial charge in [-0.25, -0.2) is 18.5 Å². The van der Waals surface area contributed by atoms with Gasteiger partial charge in [0.25, 0.3) is 5.91 Å². The van der Waals surface area contributed by atoms with E-state index < -0.39 is 29.0 Å². The summed E-state index contributed by atoms with van der Waals surface area (Å²) in [6.45, 7) is -0.0480. The molecule has 132 valence electrons. The lowest BCUT2D eigenvalue weighted by Crippen LogP contribution is -2.61. The molecule has 0 aliphatic carbocycles. The van der Waals surface area contributed by atoms with Gasteiger partial charge in [0.15, 0.2) is 0 Å². The number of halogens is 2. The summed E-state index contributed by atoms with van der Waals surface area (Å²) >= 11 is 1.34. The number of rotatable bonds is 3. The maximum atomic E-state index is 14.1. The molecule has 0 spiro atoms. The van der Waals surface area contributed by atoms with Crippen LogP contribution in [0, 0.1) is 11.6 Å². The molecular formula is C19H14F2N2O2S. The SMILES string of the molecule is O=C1C2SC=CC2N(Cc2ccc(F)cc2F)C(=O)N1c1ccccc1. The first-order valence-electron chi connectivity index (χ1n) is 8.02. The predicted molar refractivity (Wildman–Crippen MR) is 95.5 cm³/mol. The van der Waals surface area contributed by atoms with Crippen LogP contribution in [0.1, 0.15) is 5.56 Å². The molecule has 2 aliphatic heterocycles. The second-order valence-corrected chi connectivity index (χ2v) is 7.08. The second-order valence-electron chi connectivity index (χ2n) is 6.03. The fraction of sp³-hybridized carbons (Fsp3) is 0.158. The summed E-state index contributed by atoms with van der Waals surface area (Å²) in [6, 6.07) is 10.9. The number of fused-ring (bicyclic) bond motifs is 1. The number of hydrogen-bond donors (Lipinski definition) is 0. The Bertz CT molecular complexity index is 904. The van der Waals surface area contributed by atoms with Crippen LogP contribution in [-0.4, -0.2) is 28.1 Å². The Kier molecular flexibility index (Phi) is 4.24. The van der Waals surface area contributed by atoms with Crippen molar-refractivity contribution in [1.29, 1.82) is 0 Å². The van der Waals surface area contributed by atoms with Gasteiger partial charge in [0.05, 0.1) is 18.3 Å². The molecule has 4 rings (SSSR count). The van der Waals surface area contributed by atoms with E-state index in [0.717, 1.165) is 17.0 Å². The van der Waals surface area contributed by atoms with Crippen molar-refractivity contribution in [2.75, 3.05) is 4.90 Å². The van der Waals surface area contributed by atoms with E-state index in [2.05, 4.69) is 0 Å². The summed E-state index contributed by atoms with van der Waals surface area (Å²) < 4.78 is 27.3. The number of carbonyl (C=O) groups excluding carboxylic acids is 2. The van der Waals surface area contributed by atoms with Crippen molar-refractivity contribution >= 4 is 29.4 Å². The highest BCUT2D eigenvalue weighted by Gasteiger charge is 2.47. The lowest BCUT2D eigenvalue weighted by Gasteiger charge is -2.41. The molecule has 2 aliphatic rings. The molecule has 2 heterocycles. The molecule has 3 amide bonds. The highest BCUT2D eigenvalue weighted by Crippen LogP contribution is 2.37. The van der Waals surface area contributed by atoms with Crippen LogP contribution in [0.15, 0.2) is 60.0 Å². The number of hydrogen-bond acceptors (Lipinski definition) is 3. The lowest BCUT2D eigenvalue weighted by molar-refractivity contribution is -0.119. The Hall–Kier alpha value is -2.67. The molecule has 26 heavy (non-hydrogen) atoms. The summed E-state index contributed by atoms with van der Waals surface area (Å²) in [4.78, 5) is 28.5. The first kappa shape index (κ1) is 16.8. The van der Waals surface area contributed by atoms with E-state index in [1.54, 1.807) is 41.8 Å². The van der Waals surface area contributed by atoms with Gasteiger partial charge in [0.1, 0.15) is 16.9 Å². The van der Waals surface area contributed by atoms with E-state index in [9.17, 15) is 18.4 Å². The number of amides is 3. The minimum absolute atomic E-state index is 0.0480. The van der Waals surface area contributed by atoms with E-state index in [-0.39, 0.29) is 18.0 Å². The van der Waals surface area contributed by atoms with Crippen molar-refractivity contribution < 1.29 is 18.4 Å². The smallest absolute Gasteiger partial charge is 0.311 e. The molecule has 2 unspecified atom stereocenters. The van der Waals surface area contributed by atoms with E-state index in [4.69, 9.17) is 0 Å². The van der Waals surface area contributed by atoms with E-state index in [1.807, 2.05) is 0 Å². The molecule has 2 aromatic rings. The minimum Gasteiger partial charge on any atom is -0.311 e. The number of imide groups is 1. The fourth-order valence-electron chi connectivity index (χ4n) is 3.16. The maximum absolute atomic E-state index is 14.1. The van der Waals surface area contributed by atoms with Gasteiger partial charge in [-0.1, -0.05) is 30.3 Å². The zero-order valence-corrected chi connectivity index (χ0v) is 14.3. The molecule has 7 heteroatoms. The number of carbonyl (C=O) groups is 2. The van der Waals surface area contributed by atoms with Gasteiger partial charge in [-0.2, -0.15) is 0 Å². The van der Waals surface area contributed by atoms with Gasteiger partial charge in [-0.05, 0) is 23.6 Å². The van der Waals surface area contributed by atoms with Gasteiger partial charge in [-0.3, -0.25) is 4.79 Å². The Morgan fingerprint density at radius 1 is 1.04 bits per heavy atom. The molecule has 0 N–H and O–H groups in total. The quantitative estimate of drug-likeness (QED) is 0.820. The largest absolute Gasteiger partial charge is 0.332 e. The zero-order valence-electron chi connectivity index (χ0n) is 13.5. The number of benzene rings is 2. The third-order valence-electron chi connectivity index (χ3n) is 4.44. The normalized spacial score (nSPS) is 22.1. The highest BCUT2D eigenvalue weighted by molar-refractivity contribution is 8.03. The number of urea groups is 1. The molecule has 2 atom stereocenters. The first-order valence-corrected chi connectivity index (χ1v) is 8.96. The molecule has 1 saturated heterocycles. The summed E-state index contributed by atoms with van der Waals surface area (Å²) in [7, 11) is 0. The van der Waals surface area contributed by atoms with Gasteiger partial charge < -0.3 is 4.90 Å². The molecular weight excluding hydrogens is 358 g/mol. The average Bonchev–Trinajstić information content (AvgIpc) is 3.11. The maximum Gasteiger partial charge on any atom is 0.332 e. The lowest BCUT2D eigenvalue weighted by atomic mass is 10.1. The molecule has 0 bridgehead atoms. The standard InChI is InChI=1S/C19H14F2N2O2S/c20-13-7-6-12(15(21)10-13)11-22-16-8-9-26-17(16)18(24)23(19(22)25)14-4-2-1-3-5-14/h1-10,16-17H,11H2. The Labute approximate surface area is 153 Å². The molecule has 0 saturated carbocycles. The molecule has 1 fully saturated rings. The van der Waals surface area contributed by atoms with Gasteiger partial charge in [0, 0.05) is 11.6 Å². The molecule has 2 aromatic carbocycles. The van der Waals surface area contributed by atoms with Crippen LogP contribution in [0.4, 0.5) is 19.3 Å². The number of para-hydroxylation sites is 1. The van der Waals surface area contributed by atoms with Crippen molar-refractivity contribution in [3.8, 4) is 0 Å². The average molecular weight is 372 g/mol. The van der Waals surface area contributed by atoms with Crippen LogP contribution < -0.4 is 4.90 Å². The summed E-state index contributed by atoms with van der Waals surface area (Å²) in [5.41, 5.74) is 0.671. The van der Waals surface area contributed by atoms with Crippen LogP contribution in [0.5, 0.6) is 0 Å². The van der Waals surface area contributed by atoms with Gasteiger partial charge >= 0.3 is 6.03 Å². The Balaban J connectivity index is 1.71. The fourth-order valence-corrected chi connectivity index (χ4v) is 4.20. The number of anilines is 1. The van der Waals surface area contributed by atoms with Crippen LogP contribution in [0.3, 0.4) is 0 Å². The van der Waals surface area contributed by atoms with E-state index in [1.165, 1.54) is 22.7 Å². The molecule has 0 radical (unpaired) electrons. The molecule has 0 aromatic heterocycles. The number of nitrogens with zero attached hydrogens (tertiary/aromatic N) is 2. The van der Waals surface area contributed by atoms with E-state index >= 15 is 0 Å². The Morgan fingerprint density at radius 2 is 1.81 bits per heavy atom. The highest BCUT2D eigenvalue weighted by atomic mass is 32.2. The van der Waals surface area contributed by atoms with Gasteiger partial charge in [-0.15, -0.1) is 11.8 Å². The van der Waals surface area contributed by atoms with Crippen molar-refractivity contribution in [2.24, 2.45) is 0 Å². The Morgan fingerprint density at radius 3 is 2.54 bits per heavy atom. The van der Waals surface area contributed by atoms with Crippen molar-refractivity contribution in [2.45, 2.75) is 17.8 Å². The van der Waals surface area contributed by atoms with Crippen LogP contribution in [0.2, 0.25) is 0 Å². The third kappa shape index (κ3) is 2.78. The second kappa shape index (κ2) is 6.57. The zero-order chi connectivity index (χ0) is 18.3. The van der Waals surface area contributed by atoms with Crippen molar-refractivity contribution in [1.82, 2.24) is 4.90 Å². The van der Waals surface area contributed by atoms with E-state index in [0.29, 0.717) is 5.69 Å². The minimum atomic E-state index is -0.716. The monoisotopic (exact) mass is 372 g/mol. The first-order chi connectivity index (χ1) is 12.6. The van der Waals surface area contributed by atoms with Crippen LogP contribution in [-0.2, 0) is 11.3 Å².